The van der Waals surface area contributed by atoms with Gasteiger partial charge in [0.15, 0.2) is 0 Å². The number of hydrogen-bond acceptors (Lipinski definition) is 4. The molecular weight excluding hydrogens is 494 g/mol. The second kappa shape index (κ2) is 12.1. The minimum Gasteiger partial charge on any atom is -0.353 e. The summed E-state index contributed by atoms with van der Waals surface area (Å²) in [7, 11) is 2.20. The van der Waals surface area contributed by atoms with Crippen LogP contribution in [0.15, 0.2) is 71.7 Å². The number of benzene rings is 3. The Morgan fingerprint density at radius 1 is 0.972 bits per heavy atom. The smallest absolute Gasteiger partial charge is 0.138 e. The van der Waals surface area contributed by atoms with Crippen LogP contribution in [0.4, 0.5) is 21.5 Å². The molecule has 1 saturated heterocycles. The van der Waals surface area contributed by atoms with Gasteiger partial charge in [-0.05, 0) is 73.3 Å². The second-order valence-electron chi connectivity index (χ2n) is 9.79. The van der Waals surface area contributed by atoms with Gasteiger partial charge < -0.3 is 10.2 Å². The summed E-state index contributed by atoms with van der Waals surface area (Å²) in [6, 6.07) is 22.3. The number of rotatable bonds is 4. The summed E-state index contributed by atoms with van der Waals surface area (Å²) in [4.78, 5) is 10.1. The van der Waals surface area contributed by atoms with Crippen molar-refractivity contribution in [3.8, 4) is 0 Å². The molecule has 0 saturated carbocycles. The van der Waals surface area contributed by atoms with E-state index in [1.54, 1.807) is 12.1 Å². The number of hydrogen-bond donors (Lipinski definition) is 1. The van der Waals surface area contributed by atoms with Crippen molar-refractivity contribution in [3.63, 3.8) is 0 Å². The van der Waals surface area contributed by atoms with E-state index in [0.717, 1.165) is 66.5 Å². The van der Waals surface area contributed by atoms with Crippen LogP contribution in [-0.2, 0) is 6.42 Å². The maximum absolute atomic E-state index is 13.7. The summed E-state index contributed by atoms with van der Waals surface area (Å²) in [5.41, 5.74) is 6.64. The average Bonchev–Trinajstić information content (AvgIpc) is 3.00. The molecule has 192 valence electrons. The molecule has 3 aromatic carbocycles. The van der Waals surface area contributed by atoms with Crippen molar-refractivity contribution in [2.45, 2.75) is 38.6 Å². The zero-order valence-electron chi connectivity index (χ0n) is 21.1. The fourth-order valence-electron chi connectivity index (χ4n) is 4.93. The van der Waals surface area contributed by atoms with Gasteiger partial charge in [-0.3, -0.25) is 4.90 Å². The van der Waals surface area contributed by atoms with E-state index in [-0.39, 0.29) is 30.6 Å². The molecule has 0 amide bonds. The van der Waals surface area contributed by atoms with Gasteiger partial charge >= 0.3 is 0 Å². The number of halogens is 3. The molecule has 7 heteroatoms. The highest BCUT2D eigenvalue weighted by molar-refractivity contribution is 6.08. The first-order valence-electron chi connectivity index (χ1n) is 12.3. The van der Waals surface area contributed by atoms with E-state index in [1.165, 1.54) is 11.6 Å². The van der Waals surface area contributed by atoms with Crippen LogP contribution in [0.5, 0.6) is 0 Å². The van der Waals surface area contributed by atoms with Gasteiger partial charge in [0.2, 0.25) is 0 Å². The van der Waals surface area contributed by atoms with Gasteiger partial charge in [-0.1, -0.05) is 44.2 Å². The highest BCUT2D eigenvalue weighted by Gasteiger charge is 2.29. The molecule has 0 aliphatic carbocycles. The normalized spacial score (nSPS) is 17.1. The van der Waals surface area contributed by atoms with Crippen LogP contribution in [0.1, 0.15) is 42.9 Å². The molecule has 36 heavy (non-hydrogen) atoms. The van der Waals surface area contributed by atoms with Crippen molar-refractivity contribution < 1.29 is 4.39 Å². The summed E-state index contributed by atoms with van der Waals surface area (Å²) in [5, 5.41) is 3.62. The van der Waals surface area contributed by atoms with Crippen LogP contribution in [0.3, 0.4) is 0 Å². The highest BCUT2D eigenvalue weighted by Crippen LogP contribution is 2.36. The molecule has 1 atom stereocenters. The molecule has 2 aliphatic heterocycles. The minimum absolute atomic E-state index is 0. The van der Waals surface area contributed by atoms with Crippen molar-refractivity contribution in [1.29, 1.82) is 0 Å². The first-order chi connectivity index (χ1) is 16.5. The Morgan fingerprint density at radius 3 is 2.56 bits per heavy atom. The molecular formula is C29H35Cl2FN4. The Bertz CT molecular complexity index is 1210. The Balaban J connectivity index is 0.00000180. The predicted octanol–water partition coefficient (Wildman–Crippen LogP) is 7.18. The maximum atomic E-state index is 13.7. The van der Waals surface area contributed by atoms with Gasteiger partial charge in [-0.15, -0.1) is 24.8 Å². The second-order valence-corrected chi connectivity index (χ2v) is 9.79. The number of para-hydroxylation sites is 2. The standard InChI is InChI=1S/C29H33FN4.2ClH/c1-20(2)22-12-14-26-25(18-22)29(32-28-10-5-4-9-27(28)31-26)34-16-15-33(3)24(19-34)13-11-21-7-6-8-23(30)17-21;;/h4-10,12,14,17-18,20,24,31H,11,13,15-16,19H2,1-3H3;2*1H/t24-;;/m0../s1. The molecule has 2 aliphatic rings. The fraction of sp³-hybridized carbons (Fsp3) is 0.345. The molecule has 0 aromatic heterocycles. The van der Waals surface area contributed by atoms with Gasteiger partial charge in [0.05, 0.1) is 11.4 Å². The molecule has 3 aromatic rings. The van der Waals surface area contributed by atoms with Crippen molar-refractivity contribution in [1.82, 2.24) is 9.80 Å². The third-order valence-electron chi connectivity index (χ3n) is 7.08. The number of fused-ring (bicyclic) bond motifs is 2. The summed E-state index contributed by atoms with van der Waals surface area (Å²) in [6.45, 7) is 7.27. The Labute approximate surface area is 226 Å². The van der Waals surface area contributed by atoms with Crippen LogP contribution in [0.2, 0.25) is 0 Å². The lowest BCUT2D eigenvalue weighted by Gasteiger charge is -2.41. The Kier molecular flexibility index (Phi) is 9.40. The van der Waals surface area contributed by atoms with E-state index in [9.17, 15) is 4.39 Å². The molecule has 5 rings (SSSR count). The van der Waals surface area contributed by atoms with Crippen LogP contribution in [-0.4, -0.2) is 48.4 Å². The quantitative estimate of drug-likeness (QED) is 0.389. The monoisotopic (exact) mass is 528 g/mol. The zero-order chi connectivity index (χ0) is 23.7. The van der Waals surface area contributed by atoms with Crippen molar-refractivity contribution in [3.05, 3.63) is 89.2 Å². The van der Waals surface area contributed by atoms with E-state index >= 15 is 0 Å². The summed E-state index contributed by atoms with van der Waals surface area (Å²) < 4.78 is 13.7. The van der Waals surface area contributed by atoms with Gasteiger partial charge in [0.1, 0.15) is 11.7 Å². The third kappa shape index (κ3) is 6.03. The number of piperazine rings is 1. The maximum Gasteiger partial charge on any atom is 0.138 e. The van der Waals surface area contributed by atoms with Crippen LogP contribution < -0.4 is 5.32 Å². The fourth-order valence-corrected chi connectivity index (χ4v) is 4.93. The van der Waals surface area contributed by atoms with Gasteiger partial charge in [-0.25, -0.2) is 9.38 Å². The molecule has 0 spiro atoms. The van der Waals surface area contributed by atoms with Crippen molar-refractivity contribution in [2.24, 2.45) is 4.99 Å². The number of aliphatic imine (C=N–C) groups is 1. The molecule has 4 nitrogen and oxygen atoms in total. The lowest BCUT2D eigenvalue weighted by molar-refractivity contribution is 0.134. The first kappa shape index (κ1) is 28.0. The third-order valence-corrected chi connectivity index (χ3v) is 7.08. The lowest BCUT2D eigenvalue weighted by Crippen LogP contribution is -2.53. The highest BCUT2D eigenvalue weighted by atomic mass is 35.5. The van der Waals surface area contributed by atoms with E-state index in [4.69, 9.17) is 4.99 Å². The number of nitrogens with zero attached hydrogens (tertiary/aromatic N) is 3. The SMILES string of the molecule is CC(C)c1ccc2c(c1)C(N1CCN(C)[C@@H](CCc3cccc(F)c3)C1)=Nc1ccccc1N2.Cl.Cl. The first-order valence-corrected chi connectivity index (χ1v) is 12.3. The number of aryl methyl sites for hydroxylation is 1. The predicted molar refractivity (Wildman–Crippen MR) is 154 cm³/mol. The average molecular weight is 530 g/mol. The molecule has 1 N–H and O–H groups in total. The number of amidine groups is 1. The largest absolute Gasteiger partial charge is 0.353 e. The Hall–Kier alpha value is -2.60. The van der Waals surface area contributed by atoms with E-state index in [1.807, 2.05) is 18.2 Å². The van der Waals surface area contributed by atoms with Crippen LogP contribution in [0.25, 0.3) is 0 Å². The number of nitrogens with one attached hydrogen (secondary N) is 1. The van der Waals surface area contributed by atoms with Crippen LogP contribution >= 0.6 is 24.8 Å². The number of anilines is 2. The van der Waals surface area contributed by atoms with Gasteiger partial charge in [-0.2, -0.15) is 0 Å². The summed E-state index contributed by atoms with van der Waals surface area (Å²) in [5.74, 6) is 1.33. The number of likely N-dealkylation sites (N-methyl/N-ethyl adjacent to an activating group) is 1. The molecule has 0 bridgehead atoms. The van der Waals surface area contributed by atoms with E-state index in [0.29, 0.717) is 12.0 Å². The van der Waals surface area contributed by atoms with Crippen LogP contribution in [0, 0.1) is 5.82 Å². The topological polar surface area (TPSA) is 30.9 Å². The molecule has 1 fully saturated rings. The van der Waals surface area contributed by atoms with E-state index < -0.39 is 0 Å². The lowest BCUT2D eigenvalue weighted by atomic mass is 9.97. The minimum atomic E-state index is -0.160. The molecule has 0 unspecified atom stereocenters. The molecule has 0 radical (unpaired) electrons. The molecule has 2 heterocycles. The summed E-state index contributed by atoms with van der Waals surface area (Å²) >= 11 is 0. The Morgan fingerprint density at radius 2 is 1.78 bits per heavy atom. The van der Waals surface area contributed by atoms with E-state index in [2.05, 4.69) is 66.3 Å². The zero-order valence-corrected chi connectivity index (χ0v) is 22.7. The summed E-state index contributed by atoms with van der Waals surface area (Å²) in [6.07, 6.45) is 1.85. The van der Waals surface area contributed by atoms with Gasteiger partial charge in [0, 0.05) is 36.9 Å². The van der Waals surface area contributed by atoms with Gasteiger partial charge in [0.25, 0.3) is 0 Å². The van der Waals surface area contributed by atoms with Crippen molar-refractivity contribution in [2.75, 3.05) is 32.0 Å². The van der Waals surface area contributed by atoms with Crippen molar-refractivity contribution >= 4 is 47.7 Å².